The van der Waals surface area contributed by atoms with Crippen molar-refractivity contribution in [3.05, 3.63) is 27.7 Å². The van der Waals surface area contributed by atoms with Gasteiger partial charge in [0.15, 0.2) is 0 Å². The van der Waals surface area contributed by atoms with Crippen molar-refractivity contribution in [3.8, 4) is 0 Å². The van der Waals surface area contributed by atoms with Crippen molar-refractivity contribution in [1.29, 1.82) is 0 Å². The molecule has 0 spiro atoms. The van der Waals surface area contributed by atoms with Crippen molar-refractivity contribution >= 4 is 45.6 Å². The standard InChI is InChI=1S/C11H14Cl2N2O2S/c1-18(17)4-2-3-15-11(16)7-5-8(12)10(13)9(14)6-7/h5-6H,2-4,14H2,1H3,(H,15,16). The predicted molar refractivity (Wildman–Crippen MR) is 76.8 cm³/mol. The number of nitrogens with two attached hydrogens (primary N) is 1. The van der Waals surface area contributed by atoms with Gasteiger partial charge in [0.2, 0.25) is 0 Å². The minimum absolute atomic E-state index is 0.245. The first-order valence-corrected chi connectivity index (χ1v) is 7.73. The Morgan fingerprint density at radius 3 is 2.67 bits per heavy atom. The summed E-state index contributed by atoms with van der Waals surface area (Å²) < 4.78 is 10.8. The van der Waals surface area contributed by atoms with Crippen LogP contribution < -0.4 is 11.1 Å². The first-order valence-electron chi connectivity index (χ1n) is 5.24. The van der Waals surface area contributed by atoms with Gasteiger partial charge in [0.25, 0.3) is 5.91 Å². The van der Waals surface area contributed by atoms with E-state index in [4.69, 9.17) is 28.9 Å². The third-order valence-corrected chi connectivity index (χ3v) is 3.89. The molecule has 1 unspecified atom stereocenters. The van der Waals surface area contributed by atoms with Crippen LogP contribution in [0.4, 0.5) is 5.69 Å². The Kier molecular flexibility index (Phi) is 5.91. The minimum Gasteiger partial charge on any atom is -0.397 e. The van der Waals surface area contributed by atoms with Crippen molar-refractivity contribution < 1.29 is 9.00 Å². The number of nitrogen functional groups attached to an aromatic ring is 1. The highest BCUT2D eigenvalue weighted by molar-refractivity contribution is 7.84. The van der Waals surface area contributed by atoms with Gasteiger partial charge in [-0.2, -0.15) is 0 Å². The van der Waals surface area contributed by atoms with E-state index >= 15 is 0 Å². The summed E-state index contributed by atoms with van der Waals surface area (Å²) in [4.78, 5) is 11.8. The van der Waals surface area contributed by atoms with E-state index in [1.807, 2.05) is 0 Å². The molecular formula is C11H14Cl2N2O2S. The topological polar surface area (TPSA) is 72.2 Å². The maximum Gasteiger partial charge on any atom is 0.251 e. The van der Waals surface area contributed by atoms with Gasteiger partial charge in [-0.1, -0.05) is 23.2 Å². The van der Waals surface area contributed by atoms with E-state index in [-0.39, 0.29) is 21.6 Å². The third-order valence-electron chi connectivity index (χ3n) is 2.21. The first-order chi connectivity index (χ1) is 8.41. The van der Waals surface area contributed by atoms with Crippen LogP contribution in [-0.4, -0.2) is 28.7 Å². The lowest BCUT2D eigenvalue weighted by Gasteiger charge is -2.07. The third kappa shape index (κ3) is 4.48. The number of carbonyl (C=O) groups excluding carboxylic acids is 1. The number of hydrogen-bond acceptors (Lipinski definition) is 3. The SMILES string of the molecule is CS(=O)CCCNC(=O)c1cc(N)c(Cl)c(Cl)c1. The average Bonchev–Trinajstić information content (AvgIpc) is 2.30. The van der Waals surface area contributed by atoms with Gasteiger partial charge in [-0.25, -0.2) is 0 Å². The molecule has 1 amide bonds. The Bertz CT molecular complexity index is 457. The molecule has 100 valence electrons. The van der Waals surface area contributed by atoms with Crippen LogP contribution in [-0.2, 0) is 10.8 Å². The highest BCUT2D eigenvalue weighted by Crippen LogP contribution is 2.29. The van der Waals surface area contributed by atoms with Gasteiger partial charge in [0, 0.05) is 34.9 Å². The molecule has 1 rings (SSSR count). The summed E-state index contributed by atoms with van der Waals surface area (Å²) in [5.41, 5.74) is 6.25. The van der Waals surface area contributed by atoms with E-state index in [9.17, 15) is 9.00 Å². The van der Waals surface area contributed by atoms with Gasteiger partial charge in [-0.15, -0.1) is 0 Å². The van der Waals surface area contributed by atoms with E-state index in [1.54, 1.807) is 6.26 Å². The van der Waals surface area contributed by atoms with Crippen LogP contribution in [0.3, 0.4) is 0 Å². The number of benzene rings is 1. The summed E-state index contributed by atoms with van der Waals surface area (Å²) in [5, 5.41) is 3.19. The molecule has 3 N–H and O–H groups in total. The number of nitrogens with one attached hydrogen (secondary N) is 1. The van der Waals surface area contributed by atoms with E-state index in [1.165, 1.54) is 12.1 Å². The summed E-state index contributed by atoms with van der Waals surface area (Å²) >= 11 is 11.6. The Labute approximate surface area is 118 Å². The molecule has 0 saturated heterocycles. The lowest BCUT2D eigenvalue weighted by Crippen LogP contribution is -2.25. The maximum absolute atomic E-state index is 11.8. The molecule has 0 fully saturated rings. The average molecular weight is 309 g/mol. The van der Waals surface area contributed by atoms with Crippen molar-refractivity contribution in [2.24, 2.45) is 0 Å². The molecule has 0 aliphatic carbocycles. The zero-order valence-corrected chi connectivity index (χ0v) is 12.2. The number of hydrogen-bond donors (Lipinski definition) is 2. The zero-order chi connectivity index (χ0) is 13.7. The molecule has 1 aromatic carbocycles. The van der Waals surface area contributed by atoms with Gasteiger partial charge in [-0.05, 0) is 18.6 Å². The molecule has 0 saturated carbocycles. The second-order valence-corrected chi connectivity index (χ2v) is 6.09. The predicted octanol–water partition coefficient (Wildman–Crippen LogP) is 2.07. The quantitative estimate of drug-likeness (QED) is 0.646. The van der Waals surface area contributed by atoms with Crippen LogP contribution in [0, 0.1) is 0 Å². The van der Waals surface area contributed by atoms with E-state index in [2.05, 4.69) is 5.32 Å². The van der Waals surface area contributed by atoms with Crippen LogP contribution in [0.25, 0.3) is 0 Å². The number of rotatable bonds is 5. The van der Waals surface area contributed by atoms with Gasteiger partial charge < -0.3 is 11.1 Å². The van der Waals surface area contributed by atoms with Crippen LogP contribution in [0.15, 0.2) is 12.1 Å². The first kappa shape index (κ1) is 15.3. The Balaban J connectivity index is 2.59. The van der Waals surface area contributed by atoms with E-state index < -0.39 is 10.8 Å². The lowest BCUT2D eigenvalue weighted by atomic mass is 10.2. The summed E-state index contributed by atoms with van der Waals surface area (Å²) in [6.07, 6.45) is 2.28. The fraction of sp³-hybridized carbons (Fsp3) is 0.364. The largest absolute Gasteiger partial charge is 0.397 e. The van der Waals surface area contributed by atoms with Crippen LogP contribution in [0.2, 0.25) is 10.0 Å². The molecule has 1 aromatic rings. The second kappa shape index (κ2) is 6.97. The van der Waals surface area contributed by atoms with Crippen molar-refractivity contribution in [2.45, 2.75) is 6.42 Å². The van der Waals surface area contributed by atoms with Gasteiger partial charge in [0.05, 0.1) is 15.7 Å². The lowest BCUT2D eigenvalue weighted by molar-refractivity contribution is 0.0954. The summed E-state index contributed by atoms with van der Waals surface area (Å²) in [6.45, 7) is 0.457. The fourth-order valence-corrected chi connectivity index (χ4v) is 2.21. The Morgan fingerprint density at radius 1 is 1.44 bits per heavy atom. The van der Waals surface area contributed by atoms with Gasteiger partial charge in [0.1, 0.15) is 0 Å². The molecule has 7 heteroatoms. The molecule has 4 nitrogen and oxygen atoms in total. The molecule has 0 bridgehead atoms. The van der Waals surface area contributed by atoms with Crippen LogP contribution >= 0.6 is 23.2 Å². The highest BCUT2D eigenvalue weighted by Gasteiger charge is 2.10. The molecule has 0 aliphatic heterocycles. The van der Waals surface area contributed by atoms with Crippen LogP contribution in [0.5, 0.6) is 0 Å². The summed E-state index contributed by atoms with van der Waals surface area (Å²) in [6, 6.07) is 2.94. The van der Waals surface area contributed by atoms with Crippen LogP contribution in [0.1, 0.15) is 16.8 Å². The van der Waals surface area contributed by atoms with Gasteiger partial charge >= 0.3 is 0 Å². The normalized spacial score (nSPS) is 12.2. The molecule has 0 radical (unpaired) electrons. The smallest absolute Gasteiger partial charge is 0.251 e. The molecule has 18 heavy (non-hydrogen) atoms. The highest BCUT2D eigenvalue weighted by atomic mass is 35.5. The minimum atomic E-state index is -0.845. The molecule has 0 aromatic heterocycles. The molecule has 0 heterocycles. The zero-order valence-electron chi connectivity index (χ0n) is 9.83. The molecule has 0 aliphatic rings. The number of halogens is 2. The van der Waals surface area contributed by atoms with E-state index in [0.717, 1.165) is 0 Å². The monoisotopic (exact) mass is 308 g/mol. The van der Waals surface area contributed by atoms with Gasteiger partial charge in [-0.3, -0.25) is 9.00 Å². The molecular weight excluding hydrogens is 295 g/mol. The number of amides is 1. The maximum atomic E-state index is 11.8. The summed E-state index contributed by atoms with van der Waals surface area (Å²) in [7, 11) is -0.845. The number of carbonyl (C=O) groups is 1. The fourth-order valence-electron chi connectivity index (χ4n) is 1.32. The second-order valence-electron chi connectivity index (χ2n) is 3.75. The number of anilines is 1. The van der Waals surface area contributed by atoms with Crippen molar-refractivity contribution in [2.75, 3.05) is 24.3 Å². The summed E-state index contributed by atoms with van der Waals surface area (Å²) in [5.74, 6) is 0.284. The Hall–Kier alpha value is -0.780. The van der Waals surface area contributed by atoms with Crippen molar-refractivity contribution in [3.63, 3.8) is 0 Å². The Morgan fingerprint density at radius 2 is 2.11 bits per heavy atom. The van der Waals surface area contributed by atoms with E-state index in [0.29, 0.717) is 24.3 Å². The van der Waals surface area contributed by atoms with Crippen molar-refractivity contribution in [1.82, 2.24) is 5.32 Å². The molecule has 1 atom stereocenters.